The fourth-order valence-corrected chi connectivity index (χ4v) is 2.58. The number of fused-ring (bicyclic) bond motifs is 1. The summed E-state index contributed by atoms with van der Waals surface area (Å²) >= 11 is 0. The summed E-state index contributed by atoms with van der Waals surface area (Å²) < 4.78 is 2.06. The predicted octanol–water partition coefficient (Wildman–Crippen LogP) is 2.68. The fourth-order valence-electron chi connectivity index (χ4n) is 2.58. The van der Waals surface area contributed by atoms with Crippen LogP contribution < -0.4 is 5.48 Å². The van der Waals surface area contributed by atoms with Gasteiger partial charge in [0.2, 0.25) is 5.91 Å². The van der Waals surface area contributed by atoms with Crippen LogP contribution in [0.5, 0.6) is 0 Å². The summed E-state index contributed by atoms with van der Waals surface area (Å²) in [5, 5.41) is 8.55. The van der Waals surface area contributed by atoms with Crippen LogP contribution >= 0.6 is 0 Å². The highest BCUT2D eigenvalue weighted by Gasteiger charge is 2.10. The second-order valence-corrected chi connectivity index (χ2v) is 5.22. The van der Waals surface area contributed by atoms with Gasteiger partial charge in [0.25, 0.3) is 0 Å². The molecule has 22 heavy (non-hydrogen) atoms. The zero-order valence-corrected chi connectivity index (χ0v) is 12.3. The summed E-state index contributed by atoms with van der Waals surface area (Å²) in [6, 6.07) is 16.0. The predicted molar refractivity (Wildman–Crippen MR) is 84.4 cm³/mol. The summed E-state index contributed by atoms with van der Waals surface area (Å²) in [5.41, 5.74) is 5.75. The van der Waals surface area contributed by atoms with Crippen LogP contribution in [0.4, 0.5) is 0 Å². The van der Waals surface area contributed by atoms with E-state index in [1.807, 2.05) is 55.6 Å². The van der Waals surface area contributed by atoms with E-state index in [1.54, 1.807) is 5.48 Å². The number of carbonyl (C=O) groups excluding carboxylic acids is 1. The number of aryl methyl sites for hydroxylation is 2. The van der Waals surface area contributed by atoms with E-state index in [1.165, 1.54) is 0 Å². The first kappa shape index (κ1) is 14.3. The van der Waals surface area contributed by atoms with Crippen molar-refractivity contribution >= 4 is 16.9 Å². The number of hydroxylamine groups is 1. The van der Waals surface area contributed by atoms with Gasteiger partial charge in [0, 0.05) is 19.0 Å². The lowest BCUT2D eigenvalue weighted by Crippen LogP contribution is -2.18. The maximum absolute atomic E-state index is 11.1. The van der Waals surface area contributed by atoms with Crippen molar-refractivity contribution < 1.29 is 10.0 Å². The standard InChI is InChI=1S/C17H17N3O2/c1-20-15-8-3-2-7-14(15)18-17(20)13-6-4-5-12(11-13)9-10-16(21)19-22/h2-8,11,22H,9-10H2,1H3,(H,19,21). The molecule has 0 aliphatic rings. The molecular formula is C17H17N3O2. The Morgan fingerprint density at radius 1 is 1.23 bits per heavy atom. The summed E-state index contributed by atoms with van der Waals surface area (Å²) in [6.07, 6.45) is 0.826. The molecule has 0 fully saturated rings. The minimum atomic E-state index is -0.381. The molecule has 0 aliphatic heterocycles. The Kier molecular flexibility index (Phi) is 3.89. The molecule has 0 aliphatic carbocycles. The van der Waals surface area contributed by atoms with Gasteiger partial charge in [-0.25, -0.2) is 10.5 Å². The van der Waals surface area contributed by atoms with Crippen molar-refractivity contribution in [3.8, 4) is 11.4 Å². The van der Waals surface area contributed by atoms with Gasteiger partial charge in [-0.15, -0.1) is 0 Å². The number of rotatable bonds is 4. The molecule has 0 bridgehead atoms. The molecule has 0 unspecified atom stereocenters. The molecule has 0 saturated heterocycles. The van der Waals surface area contributed by atoms with Gasteiger partial charge in [0.15, 0.2) is 0 Å². The van der Waals surface area contributed by atoms with Crippen LogP contribution in [0.3, 0.4) is 0 Å². The monoisotopic (exact) mass is 295 g/mol. The summed E-state index contributed by atoms with van der Waals surface area (Å²) in [6.45, 7) is 0. The summed E-state index contributed by atoms with van der Waals surface area (Å²) in [4.78, 5) is 15.8. The number of nitrogens with zero attached hydrogens (tertiary/aromatic N) is 2. The number of nitrogens with one attached hydrogen (secondary N) is 1. The van der Waals surface area contributed by atoms with Crippen molar-refractivity contribution in [1.82, 2.24) is 15.0 Å². The second-order valence-electron chi connectivity index (χ2n) is 5.22. The van der Waals surface area contributed by atoms with Gasteiger partial charge in [-0.1, -0.05) is 30.3 Å². The van der Waals surface area contributed by atoms with Gasteiger partial charge in [-0.2, -0.15) is 0 Å². The van der Waals surface area contributed by atoms with E-state index in [0.717, 1.165) is 28.0 Å². The molecule has 2 N–H and O–H groups in total. The Hall–Kier alpha value is -2.66. The van der Waals surface area contributed by atoms with Gasteiger partial charge < -0.3 is 4.57 Å². The molecule has 3 aromatic rings. The first-order valence-electron chi connectivity index (χ1n) is 7.13. The van der Waals surface area contributed by atoms with Gasteiger partial charge >= 0.3 is 0 Å². The highest BCUT2D eigenvalue weighted by Crippen LogP contribution is 2.24. The van der Waals surface area contributed by atoms with Crippen LogP contribution in [0.15, 0.2) is 48.5 Å². The van der Waals surface area contributed by atoms with Crippen molar-refractivity contribution in [2.24, 2.45) is 7.05 Å². The van der Waals surface area contributed by atoms with E-state index in [4.69, 9.17) is 5.21 Å². The van der Waals surface area contributed by atoms with E-state index in [0.29, 0.717) is 6.42 Å². The van der Waals surface area contributed by atoms with Crippen molar-refractivity contribution in [3.63, 3.8) is 0 Å². The van der Waals surface area contributed by atoms with Crippen LogP contribution in [0.1, 0.15) is 12.0 Å². The SMILES string of the molecule is Cn1c(-c2cccc(CCC(=O)NO)c2)nc2ccccc21. The zero-order chi connectivity index (χ0) is 15.5. The third kappa shape index (κ3) is 2.71. The number of imidazole rings is 1. The number of hydrogen-bond acceptors (Lipinski definition) is 3. The Labute approximate surface area is 128 Å². The highest BCUT2D eigenvalue weighted by atomic mass is 16.5. The molecule has 0 saturated carbocycles. The van der Waals surface area contributed by atoms with Gasteiger partial charge in [0.1, 0.15) is 5.82 Å². The van der Waals surface area contributed by atoms with E-state index in [2.05, 4.69) is 9.55 Å². The quantitative estimate of drug-likeness (QED) is 0.574. The van der Waals surface area contributed by atoms with Gasteiger partial charge in [0.05, 0.1) is 11.0 Å². The molecule has 0 radical (unpaired) electrons. The van der Waals surface area contributed by atoms with Crippen molar-refractivity contribution in [2.75, 3.05) is 0 Å². The molecule has 5 nitrogen and oxygen atoms in total. The Morgan fingerprint density at radius 3 is 2.82 bits per heavy atom. The normalized spacial score (nSPS) is 10.8. The summed E-state index contributed by atoms with van der Waals surface area (Å²) in [5.74, 6) is 0.516. The Balaban J connectivity index is 1.93. The zero-order valence-electron chi connectivity index (χ0n) is 12.3. The smallest absolute Gasteiger partial charge is 0.243 e. The number of amides is 1. The lowest BCUT2D eigenvalue weighted by molar-refractivity contribution is -0.129. The molecule has 0 spiro atoms. The molecule has 2 aromatic carbocycles. The van der Waals surface area contributed by atoms with Crippen LogP contribution in [0.2, 0.25) is 0 Å². The van der Waals surface area contributed by atoms with Gasteiger partial charge in [-0.3, -0.25) is 10.0 Å². The van der Waals surface area contributed by atoms with Crippen LogP contribution in [-0.2, 0) is 18.3 Å². The third-order valence-corrected chi connectivity index (χ3v) is 3.74. The maximum atomic E-state index is 11.1. The highest BCUT2D eigenvalue weighted by molar-refractivity contribution is 5.80. The van der Waals surface area contributed by atoms with Gasteiger partial charge in [-0.05, 0) is 30.2 Å². The topological polar surface area (TPSA) is 67.2 Å². The van der Waals surface area contributed by atoms with E-state index >= 15 is 0 Å². The Bertz CT molecular complexity index is 824. The number of hydrogen-bond donors (Lipinski definition) is 2. The molecule has 3 rings (SSSR count). The van der Waals surface area contributed by atoms with Crippen LogP contribution in [0.25, 0.3) is 22.4 Å². The second kappa shape index (κ2) is 5.99. The molecule has 1 heterocycles. The number of carbonyl (C=O) groups is 1. The van der Waals surface area contributed by atoms with Crippen LogP contribution in [-0.4, -0.2) is 20.7 Å². The number of aromatic nitrogens is 2. The summed E-state index contributed by atoms with van der Waals surface area (Å²) in [7, 11) is 2.00. The first-order valence-corrected chi connectivity index (χ1v) is 7.13. The molecule has 1 amide bonds. The average Bonchev–Trinajstić information content (AvgIpc) is 2.90. The molecule has 5 heteroatoms. The maximum Gasteiger partial charge on any atom is 0.243 e. The number of para-hydroxylation sites is 2. The fraction of sp³-hybridized carbons (Fsp3) is 0.176. The van der Waals surface area contributed by atoms with Crippen LogP contribution in [0, 0.1) is 0 Å². The number of benzene rings is 2. The van der Waals surface area contributed by atoms with E-state index in [-0.39, 0.29) is 12.3 Å². The first-order chi connectivity index (χ1) is 10.7. The van der Waals surface area contributed by atoms with E-state index in [9.17, 15) is 4.79 Å². The molecular weight excluding hydrogens is 278 g/mol. The lowest BCUT2D eigenvalue weighted by Gasteiger charge is -2.05. The average molecular weight is 295 g/mol. The molecule has 0 atom stereocenters. The lowest BCUT2D eigenvalue weighted by atomic mass is 10.1. The Morgan fingerprint density at radius 2 is 2.05 bits per heavy atom. The molecule has 1 aromatic heterocycles. The largest absolute Gasteiger partial charge is 0.327 e. The van der Waals surface area contributed by atoms with Crippen molar-refractivity contribution in [2.45, 2.75) is 12.8 Å². The molecule has 112 valence electrons. The minimum Gasteiger partial charge on any atom is -0.327 e. The van der Waals surface area contributed by atoms with Crippen molar-refractivity contribution in [1.29, 1.82) is 0 Å². The van der Waals surface area contributed by atoms with E-state index < -0.39 is 0 Å². The minimum absolute atomic E-state index is 0.252. The van der Waals surface area contributed by atoms with Crippen molar-refractivity contribution in [3.05, 3.63) is 54.1 Å². The third-order valence-electron chi connectivity index (χ3n) is 3.74.